The normalized spacial score (nSPS) is 10.7. The van der Waals surface area contributed by atoms with Crippen LogP contribution in [-0.4, -0.2) is 37.6 Å². The Balaban J connectivity index is 2.02. The van der Waals surface area contributed by atoms with Gasteiger partial charge in [-0.25, -0.2) is 0 Å². The Hall–Kier alpha value is -2.68. The van der Waals surface area contributed by atoms with Crippen molar-refractivity contribution in [3.8, 4) is 11.6 Å². The maximum Gasteiger partial charge on any atom is 0.259 e. The molecule has 2 heterocycles. The van der Waals surface area contributed by atoms with Crippen molar-refractivity contribution in [1.29, 1.82) is 0 Å². The molecule has 0 aliphatic rings. The lowest BCUT2D eigenvalue weighted by atomic mass is 10.2. The number of rotatable bonds is 5. The van der Waals surface area contributed by atoms with E-state index in [4.69, 9.17) is 4.74 Å². The Bertz CT molecular complexity index is 904. The molecule has 1 N–H and O–H groups in total. The van der Waals surface area contributed by atoms with Crippen molar-refractivity contribution in [1.82, 2.24) is 24.5 Å². The average molecular weight is 405 g/mol. The third kappa shape index (κ3) is 3.27. The van der Waals surface area contributed by atoms with Crippen LogP contribution in [0.3, 0.4) is 0 Å². The molecule has 3 aromatic rings. The van der Waals surface area contributed by atoms with E-state index in [1.807, 2.05) is 24.6 Å². The lowest BCUT2D eigenvalue weighted by Gasteiger charge is -2.11. The second-order valence-corrected chi connectivity index (χ2v) is 6.18. The second kappa shape index (κ2) is 7.06. The molecule has 0 spiro atoms. The molecule has 0 atom stereocenters. The molecule has 3 rings (SSSR count). The molecule has 0 saturated carbocycles. The third-order valence-corrected chi connectivity index (χ3v) is 4.29. The molecule has 1 aromatic carbocycles. The molecular formula is C16H17BrN6O2. The molecule has 0 saturated heterocycles. The Morgan fingerprint density at radius 3 is 2.68 bits per heavy atom. The first kappa shape index (κ1) is 17.2. The van der Waals surface area contributed by atoms with Gasteiger partial charge in [0, 0.05) is 11.0 Å². The largest absolute Gasteiger partial charge is 0.496 e. The molecule has 0 radical (unpaired) electrons. The van der Waals surface area contributed by atoms with E-state index in [9.17, 15) is 4.79 Å². The first-order valence-electron chi connectivity index (χ1n) is 7.62. The number of aryl methyl sites for hydroxylation is 1. The predicted molar refractivity (Wildman–Crippen MR) is 96.2 cm³/mol. The fourth-order valence-electron chi connectivity index (χ4n) is 2.51. The van der Waals surface area contributed by atoms with Gasteiger partial charge in [0.05, 0.1) is 18.4 Å². The zero-order valence-corrected chi connectivity index (χ0v) is 15.6. The van der Waals surface area contributed by atoms with Gasteiger partial charge in [-0.3, -0.25) is 14.0 Å². The highest BCUT2D eigenvalue weighted by atomic mass is 79.9. The summed E-state index contributed by atoms with van der Waals surface area (Å²) in [4.78, 5) is 12.8. The van der Waals surface area contributed by atoms with Crippen LogP contribution in [0.4, 0.5) is 5.69 Å². The Morgan fingerprint density at radius 2 is 2.04 bits per heavy atom. The van der Waals surface area contributed by atoms with Gasteiger partial charge in [0.25, 0.3) is 5.91 Å². The van der Waals surface area contributed by atoms with Gasteiger partial charge in [-0.1, -0.05) is 15.9 Å². The molecule has 130 valence electrons. The Labute approximate surface area is 152 Å². The van der Waals surface area contributed by atoms with Crippen LogP contribution in [0.2, 0.25) is 0 Å². The van der Waals surface area contributed by atoms with Crippen LogP contribution in [0, 0.1) is 6.92 Å². The molecule has 0 fully saturated rings. The van der Waals surface area contributed by atoms with Crippen LogP contribution in [0.1, 0.15) is 23.0 Å². The number of hydrogen-bond donors (Lipinski definition) is 1. The number of halogens is 1. The maximum atomic E-state index is 12.8. The molecule has 1 amide bonds. The number of benzene rings is 1. The lowest BCUT2D eigenvalue weighted by Crippen LogP contribution is -2.15. The fraction of sp³-hybridized carbons (Fsp3) is 0.250. The van der Waals surface area contributed by atoms with E-state index in [1.165, 1.54) is 19.8 Å². The van der Waals surface area contributed by atoms with Crippen molar-refractivity contribution in [2.24, 2.45) is 0 Å². The number of carbonyl (C=O) groups excluding carboxylic acids is 1. The van der Waals surface area contributed by atoms with Crippen molar-refractivity contribution in [2.75, 3.05) is 12.4 Å². The quantitative estimate of drug-likeness (QED) is 0.706. The highest BCUT2D eigenvalue weighted by molar-refractivity contribution is 9.10. The number of anilines is 1. The zero-order chi connectivity index (χ0) is 18.0. The standard InChI is InChI=1S/C16H17BrN6O2/c1-4-23-10(2)14(15(21-23)22-8-18-19-9-22)20-16(24)12-7-11(17)5-6-13(12)25-3/h5-9H,4H2,1-3H3,(H,20,24). The topological polar surface area (TPSA) is 86.9 Å². The summed E-state index contributed by atoms with van der Waals surface area (Å²) in [6.07, 6.45) is 3.08. The molecule has 25 heavy (non-hydrogen) atoms. The number of nitrogens with one attached hydrogen (secondary N) is 1. The van der Waals surface area contributed by atoms with E-state index in [2.05, 4.69) is 36.5 Å². The first-order valence-corrected chi connectivity index (χ1v) is 8.41. The highest BCUT2D eigenvalue weighted by Gasteiger charge is 2.20. The fourth-order valence-corrected chi connectivity index (χ4v) is 2.87. The van der Waals surface area contributed by atoms with Gasteiger partial charge in [-0.15, -0.1) is 10.2 Å². The minimum atomic E-state index is -0.286. The van der Waals surface area contributed by atoms with E-state index in [0.717, 1.165) is 10.2 Å². The molecule has 2 aromatic heterocycles. The van der Waals surface area contributed by atoms with E-state index in [0.29, 0.717) is 29.4 Å². The predicted octanol–water partition coefficient (Wildman–Crippen LogP) is 2.82. The SMILES string of the molecule is CCn1nc(-n2cnnc2)c(NC(=O)c2cc(Br)ccc2OC)c1C. The number of amides is 1. The zero-order valence-electron chi connectivity index (χ0n) is 14.0. The van der Waals surface area contributed by atoms with Crippen molar-refractivity contribution >= 4 is 27.5 Å². The lowest BCUT2D eigenvalue weighted by molar-refractivity contribution is 0.102. The van der Waals surface area contributed by atoms with Crippen molar-refractivity contribution in [3.05, 3.63) is 46.6 Å². The van der Waals surface area contributed by atoms with Gasteiger partial charge >= 0.3 is 0 Å². The molecule has 0 aliphatic carbocycles. The van der Waals surface area contributed by atoms with Crippen molar-refractivity contribution in [2.45, 2.75) is 20.4 Å². The number of nitrogens with zero attached hydrogens (tertiary/aromatic N) is 5. The van der Waals surface area contributed by atoms with E-state index >= 15 is 0 Å². The van der Waals surface area contributed by atoms with Gasteiger partial charge in [-0.2, -0.15) is 5.10 Å². The maximum absolute atomic E-state index is 12.8. The minimum absolute atomic E-state index is 0.286. The van der Waals surface area contributed by atoms with Crippen LogP contribution in [0.25, 0.3) is 5.82 Å². The summed E-state index contributed by atoms with van der Waals surface area (Å²) < 4.78 is 9.55. The van der Waals surface area contributed by atoms with Crippen LogP contribution in [0.15, 0.2) is 35.3 Å². The molecule has 0 aliphatic heterocycles. The summed E-state index contributed by atoms with van der Waals surface area (Å²) >= 11 is 3.38. The smallest absolute Gasteiger partial charge is 0.259 e. The van der Waals surface area contributed by atoms with Crippen LogP contribution in [0.5, 0.6) is 5.75 Å². The van der Waals surface area contributed by atoms with Gasteiger partial charge in [0.2, 0.25) is 0 Å². The van der Waals surface area contributed by atoms with E-state index < -0.39 is 0 Å². The molecule has 8 nitrogen and oxygen atoms in total. The first-order chi connectivity index (χ1) is 12.0. The Morgan fingerprint density at radius 1 is 1.32 bits per heavy atom. The molecule has 9 heteroatoms. The number of aromatic nitrogens is 5. The van der Waals surface area contributed by atoms with Crippen LogP contribution >= 0.6 is 15.9 Å². The molecule has 0 bridgehead atoms. The summed E-state index contributed by atoms with van der Waals surface area (Å²) in [7, 11) is 1.53. The van der Waals surface area contributed by atoms with E-state index in [1.54, 1.807) is 16.7 Å². The summed E-state index contributed by atoms with van der Waals surface area (Å²) in [6.45, 7) is 4.56. The molecular weight excluding hydrogens is 388 g/mol. The van der Waals surface area contributed by atoms with E-state index in [-0.39, 0.29) is 5.91 Å². The van der Waals surface area contributed by atoms with Gasteiger partial charge in [-0.05, 0) is 32.0 Å². The summed E-state index contributed by atoms with van der Waals surface area (Å²) in [5, 5.41) is 15.1. The molecule has 0 unspecified atom stereocenters. The van der Waals surface area contributed by atoms with Crippen LogP contribution < -0.4 is 10.1 Å². The van der Waals surface area contributed by atoms with Gasteiger partial charge < -0.3 is 10.1 Å². The monoisotopic (exact) mass is 404 g/mol. The summed E-state index contributed by atoms with van der Waals surface area (Å²) in [5.41, 5.74) is 1.87. The van der Waals surface area contributed by atoms with Crippen molar-refractivity contribution < 1.29 is 9.53 Å². The average Bonchev–Trinajstić information content (AvgIpc) is 3.24. The Kier molecular flexibility index (Phi) is 4.84. The van der Waals surface area contributed by atoms with Crippen LogP contribution in [-0.2, 0) is 6.54 Å². The minimum Gasteiger partial charge on any atom is -0.496 e. The number of hydrogen-bond acceptors (Lipinski definition) is 5. The second-order valence-electron chi connectivity index (χ2n) is 5.27. The number of methoxy groups -OCH3 is 1. The van der Waals surface area contributed by atoms with Gasteiger partial charge in [0.1, 0.15) is 24.1 Å². The van der Waals surface area contributed by atoms with Crippen molar-refractivity contribution in [3.63, 3.8) is 0 Å². The highest BCUT2D eigenvalue weighted by Crippen LogP contribution is 2.27. The number of ether oxygens (including phenoxy) is 1. The number of carbonyl (C=O) groups is 1. The van der Waals surface area contributed by atoms with Gasteiger partial charge in [0.15, 0.2) is 5.82 Å². The third-order valence-electron chi connectivity index (χ3n) is 3.80. The summed E-state index contributed by atoms with van der Waals surface area (Å²) in [6, 6.07) is 5.27. The summed E-state index contributed by atoms with van der Waals surface area (Å²) in [5.74, 6) is 0.768.